The van der Waals surface area contributed by atoms with Crippen LogP contribution in [0.3, 0.4) is 0 Å². The molecule has 2 N–H and O–H groups in total. The van der Waals surface area contributed by atoms with Crippen LogP contribution in [0.15, 0.2) is 53.5 Å². The van der Waals surface area contributed by atoms with Crippen LogP contribution in [-0.2, 0) is 11.3 Å². The second-order valence-corrected chi connectivity index (χ2v) is 4.59. The highest BCUT2D eigenvalue weighted by atomic mass is 35.5. The molecule has 23 heavy (non-hydrogen) atoms. The van der Waals surface area contributed by atoms with Crippen LogP contribution in [0.2, 0.25) is 0 Å². The first kappa shape index (κ1) is 18.5. The Kier molecular flexibility index (Phi) is 7.09. The average Bonchev–Trinajstić information content (AvgIpc) is 2.59. The number of esters is 1. The van der Waals surface area contributed by atoms with Gasteiger partial charge in [0.05, 0.1) is 31.9 Å². The smallest absolute Gasteiger partial charge is 0.337 e. The number of rotatable bonds is 5. The number of aliphatic imine (C=N–C) groups is 1. The minimum Gasteiger partial charge on any atom is -0.496 e. The summed E-state index contributed by atoms with van der Waals surface area (Å²) in [5.41, 5.74) is 8.07. The van der Waals surface area contributed by atoms with Gasteiger partial charge in [0.15, 0.2) is 0 Å². The molecular formula is C17H19ClN2O3. The molecule has 0 fully saturated rings. The standard InChI is InChI=1S/C17H18N2O3.ClH/c1-21-15-9-8-13(17(20)22-2)10-14(15)16(18)19-11-12-6-4-3-5-7-12;/h3-10H,11H2,1-2H3,(H2,18,19);1H. The van der Waals surface area contributed by atoms with E-state index < -0.39 is 5.97 Å². The highest BCUT2D eigenvalue weighted by Crippen LogP contribution is 2.20. The van der Waals surface area contributed by atoms with Crippen LogP contribution in [0.5, 0.6) is 5.75 Å². The highest BCUT2D eigenvalue weighted by Gasteiger charge is 2.12. The van der Waals surface area contributed by atoms with Crippen molar-refractivity contribution < 1.29 is 14.3 Å². The molecule has 0 spiro atoms. The molecule has 0 aliphatic rings. The molecule has 0 atom stereocenters. The Morgan fingerprint density at radius 1 is 1.13 bits per heavy atom. The number of methoxy groups -OCH3 is 2. The van der Waals surface area contributed by atoms with Crippen LogP contribution in [0, 0.1) is 0 Å². The van der Waals surface area contributed by atoms with Crippen LogP contribution < -0.4 is 10.5 Å². The number of benzene rings is 2. The molecule has 2 aromatic rings. The summed E-state index contributed by atoms with van der Waals surface area (Å²) in [6.45, 7) is 0.457. The Bertz CT molecular complexity index is 687. The second-order valence-electron chi connectivity index (χ2n) is 4.59. The van der Waals surface area contributed by atoms with Crippen molar-refractivity contribution in [3.63, 3.8) is 0 Å². The lowest BCUT2D eigenvalue weighted by Crippen LogP contribution is -2.16. The maximum atomic E-state index is 11.6. The van der Waals surface area contributed by atoms with E-state index in [1.165, 1.54) is 7.11 Å². The normalized spacial score (nSPS) is 10.6. The molecule has 2 aromatic carbocycles. The number of carbonyl (C=O) groups excluding carboxylic acids is 1. The van der Waals surface area contributed by atoms with Gasteiger partial charge in [0.2, 0.25) is 0 Å². The van der Waals surface area contributed by atoms with E-state index in [1.807, 2.05) is 30.3 Å². The fourth-order valence-corrected chi connectivity index (χ4v) is 2.00. The minimum atomic E-state index is -0.431. The fourth-order valence-electron chi connectivity index (χ4n) is 2.00. The molecule has 0 aromatic heterocycles. The number of nitrogens with zero attached hydrogens (tertiary/aromatic N) is 1. The van der Waals surface area contributed by atoms with Crippen molar-refractivity contribution in [2.45, 2.75) is 6.54 Å². The molecule has 0 radical (unpaired) electrons. The maximum Gasteiger partial charge on any atom is 0.337 e. The zero-order valence-electron chi connectivity index (χ0n) is 13.0. The molecule has 0 aliphatic heterocycles. The van der Waals surface area contributed by atoms with E-state index in [4.69, 9.17) is 15.2 Å². The highest BCUT2D eigenvalue weighted by molar-refractivity contribution is 6.02. The molecule has 0 bridgehead atoms. The van der Waals surface area contributed by atoms with Crippen LogP contribution in [-0.4, -0.2) is 26.0 Å². The first-order valence-electron chi connectivity index (χ1n) is 6.76. The lowest BCUT2D eigenvalue weighted by Gasteiger charge is -2.10. The van der Waals surface area contributed by atoms with E-state index in [0.29, 0.717) is 29.3 Å². The van der Waals surface area contributed by atoms with Crippen molar-refractivity contribution >= 4 is 24.2 Å². The van der Waals surface area contributed by atoms with Crippen molar-refractivity contribution in [1.82, 2.24) is 0 Å². The van der Waals surface area contributed by atoms with Gasteiger partial charge < -0.3 is 15.2 Å². The van der Waals surface area contributed by atoms with E-state index in [2.05, 4.69) is 4.99 Å². The maximum absolute atomic E-state index is 11.6. The number of hydrogen-bond acceptors (Lipinski definition) is 4. The summed E-state index contributed by atoms with van der Waals surface area (Å²) in [4.78, 5) is 16.0. The van der Waals surface area contributed by atoms with Gasteiger partial charge in [-0.1, -0.05) is 30.3 Å². The average molecular weight is 335 g/mol. The molecule has 5 nitrogen and oxygen atoms in total. The van der Waals surface area contributed by atoms with Crippen molar-refractivity contribution in [3.05, 3.63) is 65.2 Å². The van der Waals surface area contributed by atoms with Gasteiger partial charge in [-0.05, 0) is 23.8 Å². The van der Waals surface area contributed by atoms with Crippen LogP contribution in [0.25, 0.3) is 0 Å². The first-order chi connectivity index (χ1) is 10.7. The molecule has 122 valence electrons. The topological polar surface area (TPSA) is 73.9 Å². The summed E-state index contributed by atoms with van der Waals surface area (Å²) in [6.07, 6.45) is 0. The van der Waals surface area contributed by atoms with Crippen LogP contribution in [0.4, 0.5) is 0 Å². The summed E-state index contributed by atoms with van der Waals surface area (Å²) >= 11 is 0. The summed E-state index contributed by atoms with van der Waals surface area (Å²) in [5, 5.41) is 0. The summed E-state index contributed by atoms with van der Waals surface area (Å²) in [6, 6.07) is 14.7. The van der Waals surface area contributed by atoms with Crippen LogP contribution in [0.1, 0.15) is 21.5 Å². The Morgan fingerprint density at radius 3 is 2.43 bits per heavy atom. The number of halogens is 1. The van der Waals surface area contributed by atoms with Crippen molar-refractivity contribution in [2.24, 2.45) is 10.7 Å². The number of hydrogen-bond donors (Lipinski definition) is 1. The Morgan fingerprint density at radius 2 is 1.83 bits per heavy atom. The molecule has 2 rings (SSSR count). The molecular weight excluding hydrogens is 316 g/mol. The fraction of sp³-hybridized carbons (Fsp3) is 0.176. The number of amidine groups is 1. The lowest BCUT2D eigenvalue weighted by atomic mass is 10.1. The summed E-state index contributed by atoms with van der Waals surface area (Å²) < 4.78 is 9.99. The second kappa shape index (κ2) is 8.80. The first-order valence-corrected chi connectivity index (χ1v) is 6.76. The number of carbonyl (C=O) groups is 1. The summed E-state index contributed by atoms with van der Waals surface area (Å²) in [7, 11) is 2.88. The third-order valence-electron chi connectivity index (χ3n) is 3.17. The zero-order chi connectivity index (χ0) is 15.9. The molecule has 6 heteroatoms. The minimum absolute atomic E-state index is 0. The largest absolute Gasteiger partial charge is 0.496 e. The SMILES string of the molecule is COC(=O)c1ccc(OC)c(C(N)=NCc2ccccc2)c1.Cl. The van der Waals surface area contributed by atoms with E-state index in [-0.39, 0.29) is 12.4 Å². The van der Waals surface area contributed by atoms with Gasteiger partial charge in [0.25, 0.3) is 0 Å². The predicted octanol–water partition coefficient (Wildman–Crippen LogP) is 2.81. The quantitative estimate of drug-likeness (QED) is 0.518. The van der Waals surface area contributed by atoms with Crippen molar-refractivity contribution in [1.29, 1.82) is 0 Å². The lowest BCUT2D eigenvalue weighted by molar-refractivity contribution is 0.0600. The van der Waals surface area contributed by atoms with E-state index in [9.17, 15) is 4.79 Å². The van der Waals surface area contributed by atoms with Crippen molar-refractivity contribution in [3.8, 4) is 5.75 Å². The van der Waals surface area contributed by atoms with Gasteiger partial charge in [-0.25, -0.2) is 4.79 Å². The predicted molar refractivity (Wildman–Crippen MR) is 92.5 cm³/mol. The monoisotopic (exact) mass is 334 g/mol. The Labute approximate surface area is 141 Å². The Hall–Kier alpha value is -2.53. The molecule has 0 aliphatic carbocycles. The van der Waals surface area contributed by atoms with E-state index in [1.54, 1.807) is 25.3 Å². The Balaban J connectivity index is 0.00000264. The van der Waals surface area contributed by atoms with Gasteiger partial charge in [-0.15, -0.1) is 12.4 Å². The van der Waals surface area contributed by atoms with Gasteiger partial charge in [-0.2, -0.15) is 0 Å². The van der Waals surface area contributed by atoms with Gasteiger partial charge >= 0.3 is 5.97 Å². The van der Waals surface area contributed by atoms with Gasteiger partial charge in [0.1, 0.15) is 11.6 Å². The number of ether oxygens (including phenoxy) is 2. The van der Waals surface area contributed by atoms with E-state index >= 15 is 0 Å². The molecule has 0 saturated carbocycles. The molecule has 0 saturated heterocycles. The summed E-state index contributed by atoms with van der Waals surface area (Å²) in [5.74, 6) is 0.438. The zero-order valence-corrected chi connectivity index (χ0v) is 13.8. The molecule has 0 amide bonds. The third kappa shape index (κ3) is 4.72. The van der Waals surface area contributed by atoms with Crippen LogP contribution >= 0.6 is 12.4 Å². The van der Waals surface area contributed by atoms with E-state index in [0.717, 1.165) is 5.56 Å². The van der Waals surface area contributed by atoms with Gasteiger partial charge in [0, 0.05) is 0 Å². The third-order valence-corrected chi connectivity index (χ3v) is 3.17. The van der Waals surface area contributed by atoms with Crippen molar-refractivity contribution in [2.75, 3.05) is 14.2 Å². The molecule has 0 heterocycles. The molecule has 0 unspecified atom stereocenters. The number of nitrogens with two attached hydrogens (primary N) is 1. The van der Waals surface area contributed by atoms with Gasteiger partial charge in [-0.3, -0.25) is 4.99 Å².